The summed E-state index contributed by atoms with van der Waals surface area (Å²) in [5.74, 6) is 1.99. The molecule has 0 amide bonds. The Morgan fingerprint density at radius 1 is 1.13 bits per heavy atom. The third-order valence-corrected chi connectivity index (χ3v) is 10.6. The fourth-order valence-electron chi connectivity index (χ4n) is 8.33. The summed E-state index contributed by atoms with van der Waals surface area (Å²) in [6.45, 7) is 3.31. The van der Waals surface area contributed by atoms with Gasteiger partial charge in [-0.2, -0.15) is 9.97 Å². The number of halogens is 2. The van der Waals surface area contributed by atoms with Crippen molar-refractivity contribution in [2.24, 2.45) is 11.8 Å². The Bertz CT molecular complexity index is 1250. The highest BCUT2D eigenvalue weighted by molar-refractivity contribution is 6.31. The summed E-state index contributed by atoms with van der Waals surface area (Å²) in [7, 11) is 0. The van der Waals surface area contributed by atoms with Crippen molar-refractivity contribution in [2.75, 3.05) is 37.7 Å². The van der Waals surface area contributed by atoms with Gasteiger partial charge in [-0.3, -0.25) is 4.90 Å². The predicted octanol–water partition coefficient (Wildman–Crippen LogP) is 4.19. The van der Waals surface area contributed by atoms with Crippen molar-refractivity contribution in [1.29, 1.82) is 0 Å². The number of alkyl halides is 1. The summed E-state index contributed by atoms with van der Waals surface area (Å²) in [4.78, 5) is 14.2. The molecule has 5 aliphatic rings. The molecule has 2 aliphatic carbocycles. The highest BCUT2D eigenvalue weighted by atomic mass is 35.5. The molecule has 3 aliphatic heterocycles. The maximum Gasteiger partial charge on any atom is 0.318 e. The van der Waals surface area contributed by atoms with E-state index in [1.54, 1.807) is 0 Å². The normalized spacial score (nSPS) is 33.5. The van der Waals surface area contributed by atoms with Crippen LogP contribution in [0.2, 0.25) is 5.02 Å². The number of aliphatic hydroxyl groups is 2. The molecule has 4 fully saturated rings. The zero-order chi connectivity index (χ0) is 26.8. The van der Waals surface area contributed by atoms with Crippen LogP contribution in [-0.2, 0) is 25.0 Å². The number of nitrogens with zero attached hydrogens (tertiary/aromatic N) is 4. The van der Waals surface area contributed by atoms with E-state index >= 15 is 0 Å². The lowest BCUT2D eigenvalue weighted by molar-refractivity contribution is 0.0371. The zero-order valence-corrected chi connectivity index (χ0v) is 23.2. The van der Waals surface area contributed by atoms with Gasteiger partial charge in [-0.25, -0.2) is 4.39 Å². The fourth-order valence-corrected chi connectivity index (χ4v) is 8.60. The number of rotatable bonds is 7. The second-order valence-electron chi connectivity index (χ2n) is 12.7. The van der Waals surface area contributed by atoms with Crippen molar-refractivity contribution >= 4 is 17.4 Å². The van der Waals surface area contributed by atoms with E-state index in [-0.39, 0.29) is 24.6 Å². The van der Waals surface area contributed by atoms with Crippen molar-refractivity contribution < 1.29 is 19.3 Å². The number of fused-ring (bicyclic) bond motifs is 4. The Kier molecular flexibility index (Phi) is 6.53. The second-order valence-corrected chi connectivity index (χ2v) is 13.1. The molecular weight excluding hydrogens is 519 g/mol. The molecule has 210 valence electrons. The number of anilines is 1. The van der Waals surface area contributed by atoms with Crippen LogP contribution < -0.4 is 9.64 Å². The average Bonchev–Trinajstić information content (AvgIpc) is 3.64. The summed E-state index contributed by atoms with van der Waals surface area (Å²) >= 11 is 6.47. The topological polar surface area (TPSA) is 81.9 Å². The summed E-state index contributed by atoms with van der Waals surface area (Å²) < 4.78 is 20.7. The van der Waals surface area contributed by atoms with Gasteiger partial charge in [0.25, 0.3) is 0 Å². The number of piperidine rings is 1. The standard InChI is InChI=1S/C30H38ClFN4O3/c31-25-4-1-3-24-22(25)7-9-30(24,38)13-26-23(17-37)27(35-14-19-5-6-20(11-19)15-35)34-28(33-26)39-18-29-8-2-10-36(29)16-21(32)12-29/h1,3-4,19-21,37-38H,2,5-18H2/t19-,20+,21-,29+,30?/m1/s1. The second kappa shape index (κ2) is 9.82. The molecule has 0 radical (unpaired) electrons. The molecule has 9 heteroatoms. The monoisotopic (exact) mass is 556 g/mol. The molecule has 1 saturated carbocycles. The number of hydrogen-bond acceptors (Lipinski definition) is 7. The summed E-state index contributed by atoms with van der Waals surface area (Å²) in [6, 6.07) is 5.93. The Hall–Kier alpha value is -2.00. The molecule has 3 saturated heterocycles. The molecule has 7 nitrogen and oxygen atoms in total. The molecule has 0 spiro atoms. The van der Waals surface area contributed by atoms with Gasteiger partial charge in [0.15, 0.2) is 0 Å². The quantitative estimate of drug-likeness (QED) is 0.529. The molecule has 2 bridgehead atoms. The maximum atomic E-state index is 14.4. The molecular formula is C30H38ClFN4O3. The first-order valence-electron chi connectivity index (χ1n) is 14.6. The molecule has 1 aromatic heterocycles. The van der Waals surface area contributed by atoms with E-state index in [9.17, 15) is 14.6 Å². The third kappa shape index (κ3) is 4.52. The Morgan fingerprint density at radius 3 is 2.74 bits per heavy atom. The average molecular weight is 557 g/mol. The van der Waals surface area contributed by atoms with Crippen LogP contribution in [0.5, 0.6) is 6.01 Å². The van der Waals surface area contributed by atoms with Gasteiger partial charge >= 0.3 is 6.01 Å². The van der Waals surface area contributed by atoms with Crippen molar-refractivity contribution in [2.45, 2.75) is 81.7 Å². The highest BCUT2D eigenvalue weighted by Crippen LogP contribution is 2.45. The van der Waals surface area contributed by atoms with E-state index in [0.717, 1.165) is 49.4 Å². The van der Waals surface area contributed by atoms with Gasteiger partial charge in [0.05, 0.1) is 23.4 Å². The minimum absolute atomic E-state index is 0.212. The smallest absolute Gasteiger partial charge is 0.318 e. The molecule has 5 atom stereocenters. The van der Waals surface area contributed by atoms with Gasteiger partial charge in [0, 0.05) is 43.1 Å². The Balaban J connectivity index is 1.24. The maximum absolute atomic E-state index is 14.4. The van der Waals surface area contributed by atoms with Gasteiger partial charge in [0.1, 0.15) is 18.6 Å². The lowest BCUT2D eigenvalue weighted by atomic mass is 9.89. The first kappa shape index (κ1) is 25.9. The van der Waals surface area contributed by atoms with Crippen molar-refractivity contribution in [3.63, 3.8) is 0 Å². The molecule has 4 heterocycles. The lowest BCUT2D eigenvalue weighted by Crippen LogP contribution is -2.43. The van der Waals surface area contributed by atoms with E-state index in [0.29, 0.717) is 60.5 Å². The predicted molar refractivity (Wildman–Crippen MR) is 147 cm³/mol. The molecule has 1 unspecified atom stereocenters. The van der Waals surface area contributed by atoms with E-state index in [4.69, 9.17) is 26.3 Å². The van der Waals surface area contributed by atoms with Crippen LogP contribution >= 0.6 is 11.6 Å². The van der Waals surface area contributed by atoms with E-state index < -0.39 is 11.8 Å². The van der Waals surface area contributed by atoms with Crippen LogP contribution in [0.4, 0.5) is 10.2 Å². The zero-order valence-electron chi connectivity index (χ0n) is 22.4. The van der Waals surface area contributed by atoms with Crippen molar-refractivity contribution in [3.8, 4) is 6.01 Å². The highest BCUT2D eigenvalue weighted by Gasteiger charge is 2.49. The molecule has 2 N–H and O–H groups in total. The van der Waals surface area contributed by atoms with Gasteiger partial charge in [-0.05, 0) is 80.5 Å². The number of ether oxygens (including phenoxy) is 1. The van der Waals surface area contributed by atoms with Crippen LogP contribution in [0, 0.1) is 11.8 Å². The summed E-state index contributed by atoms with van der Waals surface area (Å²) in [6.07, 6.45) is 6.80. The number of hydrogen-bond donors (Lipinski definition) is 2. The molecule has 2 aromatic rings. The molecule has 1 aromatic carbocycles. The fraction of sp³-hybridized carbons (Fsp3) is 0.667. The first-order chi connectivity index (χ1) is 18.9. The largest absolute Gasteiger partial charge is 0.461 e. The molecule has 39 heavy (non-hydrogen) atoms. The Morgan fingerprint density at radius 2 is 1.95 bits per heavy atom. The van der Waals surface area contributed by atoms with Crippen LogP contribution in [0.15, 0.2) is 18.2 Å². The van der Waals surface area contributed by atoms with Gasteiger partial charge in [-0.15, -0.1) is 0 Å². The Labute approximate surface area is 234 Å². The van der Waals surface area contributed by atoms with Crippen molar-refractivity contribution in [3.05, 3.63) is 45.6 Å². The summed E-state index contributed by atoms with van der Waals surface area (Å²) in [5, 5.41) is 23.2. The minimum Gasteiger partial charge on any atom is -0.461 e. The first-order valence-corrected chi connectivity index (χ1v) is 15.0. The third-order valence-electron chi connectivity index (χ3n) is 10.2. The summed E-state index contributed by atoms with van der Waals surface area (Å²) in [5.41, 5.74) is 1.65. The SMILES string of the molecule is OCc1c(CC2(O)CCc3c(Cl)cccc32)nc(OC[C@@]23CCCN2C[C@H](F)C3)nc1N1C[C@@H]2CC[C@@H](C2)C1. The van der Waals surface area contributed by atoms with E-state index in [1.165, 1.54) is 19.3 Å². The lowest BCUT2D eigenvalue weighted by Gasteiger charge is -2.35. The van der Waals surface area contributed by atoms with Gasteiger partial charge in [0.2, 0.25) is 0 Å². The molecule has 7 rings (SSSR count). The van der Waals surface area contributed by atoms with Crippen LogP contribution in [-0.4, -0.2) is 69.6 Å². The van der Waals surface area contributed by atoms with Gasteiger partial charge in [-0.1, -0.05) is 23.7 Å². The van der Waals surface area contributed by atoms with Crippen LogP contribution in [0.1, 0.15) is 67.3 Å². The van der Waals surface area contributed by atoms with Gasteiger partial charge < -0.3 is 19.8 Å². The number of aliphatic hydroxyl groups excluding tert-OH is 1. The van der Waals surface area contributed by atoms with E-state index in [1.807, 2.05) is 18.2 Å². The minimum atomic E-state index is -1.14. The van der Waals surface area contributed by atoms with E-state index in [2.05, 4.69) is 9.80 Å². The number of benzene rings is 1. The van der Waals surface area contributed by atoms with Crippen LogP contribution in [0.3, 0.4) is 0 Å². The van der Waals surface area contributed by atoms with Crippen molar-refractivity contribution in [1.82, 2.24) is 14.9 Å². The van der Waals surface area contributed by atoms with Crippen LogP contribution in [0.25, 0.3) is 0 Å². The number of aromatic nitrogens is 2.